The third kappa shape index (κ3) is 3.42. The lowest BCUT2D eigenvalue weighted by Gasteiger charge is -2.22. The van der Waals surface area contributed by atoms with Gasteiger partial charge in [0.05, 0.1) is 16.8 Å². The highest BCUT2D eigenvalue weighted by Gasteiger charge is 2.15. The molecule has 3 rings (SSSR count). The summed E-state index contributed by atoms with van der Waals surface area (Å²) >= 11 is 2.46. The first-order valence-electron chi connectivity index (χ1n) is 6.57. The van der Waals surface area contributed by atoms with Crippen LogP contribution in [0, 0.1) is 10.1 Å². The smallest absolute Gasteiger partial charge is 0.297 e. The van der Waals surface area contributed by atoms with Crippen molar-refractivity contribution in [1.29, 1.82) is 0 Å². The van der Waals surface area contributed by atoms with Crippen LogP contribution in [0.15, 0.2) is 16.7 Å². The van der Waals surface area contributed by atoms with E-state index in [1.165, 1.54) is 36.8 Å². The molecule has 21 heavy (non-hydrogen) atoms. The Morgan fingerprint density at radius 1 is 1.33 bits per heavy atom. The van der Waals surface area contributed by atoms with Gasteiger partial charge < -0.3 is 0 Å². The number of aromatic nitrogens is 2. The molecule has 0 amide bonds. The van der Waals surface area contributed by atoms with Crippen LogP contribution in [0.4, 0.5) is 5.00 Å². The zero-order valence-corrected chi connectivity index (χ0v) is 12.8. The summed E-state index contributed by atoms with van der Waals surface area (Å²) in [4.78, 5) is 18.7. The predicted octanol–water partition coefficient (Wildman–Crippen LogP) is 2.99. The van der Waals surface area contributed by atoms with E-state index in [2.05, 4.69) is 20.1 Å². The average Bonchev–Trinajstić information content (AvgIpc) is 3.15. The molecular formula is C12H13N5O2S2. The largest absolute Gasteiger partial charge is 0.344 e. The van der Waals surface area contributed by atoms with Crippen molar-refractivity contribution in [3.05, 3.63) is 27.4 Å². The summed E-state index contributed by atoms with van der Waals surface area (Å²) in [6.07, 6.45) is 6.65. The topological polar surface area (TPSA) is 84.5 Å². The summed E-state index contributed by atoms with van der Waals surface area (Å²) < 4.78 is 0. The maximum atomic E-state index is 10.7. The van der Waals surface area contributed by atoms with Gasteiger partial charge in [-0.05, 0) is 30.6 Å². The van der Waals surface area contributed by atoms with Gasteiger partial charge in [0.25, 0.3) is 0 Å². The van der Waals surface area contributed by atoms with Crippen LogP contribution in [-0.2, 0) is 0 Å². The van der Waals surface area contributed by atoms with E-state index in [-0.39, 0.29) is 5.00 Å². The molecular weight excluding hydrogens is 310 g/mol. The minimum Gasteiger partial charge on any atom is -0.297 e. The molecule has 0 bridgehead atoms. The normalized spacial score (nSPS) is 15.7. The van der Waals surface area contributed by atoms with E-state index in [4.69, 9.17) is 0 Å². The van der Waals surface area contributed by atoms with Gasteiger partial charge in [-0.2, -0.15) is 5.10 Å². The Hall–Kier alpha value is -1.87. The van der Waals surface area contributed by atoms with Gasteiger partial charge in [0, 0.05) is 18.5 Å². The van der Waals surface area contributed by atoms with Gasteiger partial charge in [-0.15, -0.1) is 11.3 Å². The van der Waals surface area contributed by atoms with Crippen LogP contribution in [-0.4, -0.2) is 39.2 Å². The summed E-state index contributed by atoms with van der Waals surface area (Å²) in [5.41, 5.74) is 0.762. The van der Waals surface area contributed by atoms with Crippen LogP contribution in [0.2, 0.25) is 0 Å². The quantitative estimate of drug-likeness (QED) is 0.490. The van der Waals surface area contributed by atoms with Crippen LogP contribution in [0.3, 0.4) is 0 Å². The van der Waals surface area contributed by atoms with Gasteiger partial charge in [0.1, 0.15) is 6.20 Å². The molecule has 0 spiro atoms. The number of hydrogen-bond donors (Lipinski definition) is 0. The molecule has 0 radical (unpaired) electrons. The van der Waals surface area contributed by atoms with E-state index in [9.17, 15) is 10.1 Å². The molecule has 0 aliphatic carbocycles. The molecule has 2 aromatic rings. The number of rotatable bonds is 4. The lowest BCUT2D eigenvalue weighted by molar-refractivity contribution is -0.380. The van der Waals surface area contributed by atoms with Crippen LogP contribution in [0.5, 0.6) is 0 Å². The Morgan fingerprint density at radius 3 is 2.86 bits per heavy atom. The molecule has 1 saturated heterocycles. The van der Waals surface area contributed by atoms with Gasteiger partial charge in [-0.1, -0.05) is 0 Å². The maximum absolute atomic E-state index is 10.7. The summed E-state index contributed by atoms with van der Waals surface area (Å²) in [7, 11) is 0. The highest BCUT2D eigenvalue weighted by molar-refractivity contribution is 7.22. The molecule has 110 valence electrons. The molecule has 9 heteroatoms. The number of nitrogens with zero attached hydrogens (tertiary/aromatic N) is 5. The second-order valence-electron chi connectivity index (χ2n) is 4.60. The van der Waals surface area contributed by atoms with E-state index in [0.717, 1.165) is 30.1 Å². The number of hydrogen-bond acceptors (Lipinski definition) is 8. The molecule has 2 aromatic heterocycles. The number of thiazole rings is 2. The second kappa shape index (κ2) is 6.27. The minimum absolute atomic E-state index is 0.0312. The van der Waals surface area contributed by atoms with Gasteiger partial charge in [0.15, 0.2) is 10.0 Å². The van der Waals surface area contributed by atoms with Crippen molar-refractivity contribution < 1.29 is 4.92 Å². The Labute approximate surface area is 129 Å². The fourth-order valence-electron chi connectivity index (χ4n) is 2.03. The molecule has 7 nitrogen and oxygen atoms in total. The zero-order valence-electron chi connectivity index (χ0n) is 11.1. The summed E-state index contributed by atoms with van der Waals surface area (Å²) in [6, 6.07) is 0. The van der Waals surface area contributed by atoms with Crippen LogP contribution >= 0.6 is 22.7 Å². The highest BCUT2D eigenvalue weighted by Crippen LogP contribution is 2.31. The van der Waals surface area contributed by atoms with Gasteiger partial charge >= 0.3 is 5.00 Å². The average molecular weight is 323 g/mol. The molecule has 0 atom stereocenters. The number of piperidine rings is 1. The lowest BCUT2D eigenvalue weighted by atomic mass is 10.2. The van der Waals surface area contributed by atoms with Gasteiger partial charge in [0.2, 0.25) is 0 Å². The van der Waals surface area contributed by atoms with Crippen molar-refractivity contribution in [3.63, 3.8) is 0 Å². The van der Waals surface area contributed by atoms with Crippen molar-refractivity contribution in [2.24, 2.45) is 5.10 Å². The zero-order chi connectivity index (χ0) is 14.7. The van der Waals surface area contributed by atoms with Gasteiger partial charge in [-0.3, -0.25) is 15.1 Å². The maximum Gasteiger partial charge on any atom is 0.344 e. The Morgan fingerprint density at radius 2 is 2.14 bits per heavy atom. The second-order valence-corrected chi connectivity index (χ2v) is 6.46. The monoisotopic (exact) mass is 323 g/mol. The fraction of sp³-hybridized carbons (Fsp3) is 0.417. The fourth-order valence-corrected chi connectivity index (χ4v) is 3.57. The minimum atomic E-state index is -0.437. The summed E-state index contributed by atoms with van der Waals surface area (Å²) in [6.45, 7) is 1.98. The first kappa shape index (κ1) is 14.1. The first-order valence-corrected chi connectivity index (χ1v) is 8.27. The Balaban J connectivity index is 1.70. The van der Waals surface area contributed by atoms with Gasteiger partial charge in [-0.25, -0.2) is 9.97 Å². The Bertz CT molecular complexity index is 660. The Kier molecular flexibility index (Phi) is 4.20. The van der Waals surface area contributed by atoms with Crippen LogP contribution in [0.25, 0.3) is 10.0 Å². The molecule has 0 N–H and O–H groups in total. The van der Waals surface area contributed by atoms with Crippen LogP contribution in [0.1, 0.15) is 25.0 Å². The summed E-state index contributed by atoms with van der Waals surface area (Å²) in [5.74, 6) is 0. The molecule has 0 unspecified atom stereocenters. The standard InChI is InChI=1S/C12H13N5O2S2/c18-17(19)10-7-13-11(21-10)12-15-9(8-20-12)6-14-16-4-2-1-3-5-16/h6-8H,1-5H2/b14-6-. The van der Waals surface area contributed by atoms with E-state index < -0.39 is 4.92 Å². The van der Waals surface area contributed by atoms with E-state index in [1.807, 2.05) is 5.38 Å². The lowest BCUT2D eigenvalue weighted by Crippen LogP contribution is -2.24. The van der Waals surface area contributed by atoms with Crippen molar-refractivity contribution in [3.8, 4) is 10.0 Å². The molecule has 0 aromatic carbocycles. The van der Waals surface area contributed by atoms with Crippen molar-refractivity contribution in [2.75, 3.05) is 13.1 Å². The first-order chi connectivity index (χ1) is 10.2. The third-order valence-corrected chi connectivity index (χ3v) is 5.02. The van der Waals surface area contributed by atoms with E-state index >= 15 is 0 Å². The highest BCUT2D eigenvalue weighted by atomic mass is 32.1. The molecule has 1 fully saturated rings. The molecule has 0 saturated carbocycles. The predicted molar refractivity (Wildman–Crippen MR) is 82.9 cm³/mol. The number of nitro groups is 1. The van der Waals surface area contributed by atoms with Crippen molar-refractivity contribution >= 4 is 33.9 Å². The SMILES string of the molecule is O=[N+]([O-])c1cnc(-c2nc(/C=N\N3CCCCC3)cs2)s1. The summed E-state index contributed by atoms with van der Waals surface area (Å²) in [5, 5.41) is 20.3. The third-order valence-electron chi connectivity index (χ3n) is 3.06. The molecule has 3 heterocycles. The van der Waals surface area contributed by atoms with Crippen LogP contribution < -0.4 is 0 Å². The van der Waals surface area contributed by atoms with Crippen molar-refractivity contribution in [2.45, 2.75) is 19.3 Å². The van der Waals surface area contributed by atoms with E-state index in [0.29, 0.717) is 10.0 Å². The molecule has 1 aliphatic heterocycles. The van der Waals surface area contributed by atoms with Crippen molar-refractivity contribution in [1.82, 2.24) is 15.0 Å². The molecule has 1 aliphatic rings. The number of hydrazone groups is 1. The van der Waals surface area contributed by atoms with E-state index in [1.54, 1.807) is 6.21 Å².